The molecule has 2 aliphatic rings. The zero-order valence-corrected chi connectivity index (χ0v) is 32.1. The van der Waals surface area contributed by atoms with Gasteiger partial charge in [0.15, 0.2) is 0 Å². The smallest absolute Gasteiger partial charge is 0.0619 e. The summed E-state index contributed by atoms with van der Waals surface area (Å²) in [4.78, 5) is 0. The summed E-state index contributed by atoms with van der Waals surface area (Å²) in [5, 5.41) is 15.7. The number of hydrogen-bond donors (Lipinski definition) is 0. The third-order valence-electron chi connectivity index (χ3n) is 14.0. The molecule has 59 heavy (non-hydrogen) atoms. The number of fused-ring (bicyclic) bond motifs is 16. The van der Waals surface area contributed by atoms with Crippen molar-refractivity contribution in [1.82, 2.24) is 0 Å². The topological polar surface area (TPSA) is 0 Å². The van der Waals surface area contributed by atoms with Crippen molar-refractivity contribution in [1.29, 1.82) is 0 Å². The number of hydrogen-bond acceptors (Lipinski definition) is 0. The lowest BCUT2D eigenvalue weighted by Gasteiger charge is -2.32. The quantitative estimate of drug-likeness (QED) is 0.155. The molecule has 12 aromatic carbocycles. The van der Waals surface area contributed by atoms with Crippen LogP contribution in [0.4, 0.5) is 0 Å². The van der Waals surface area contributed by atoms with E-state index in [1.54, 1.807) is 0 Å². The Balaban J connectivity index is 0.979. The lowest BCUT2D eigenvalue weighted by Crippen LogP contribution is -2.26. The summed E-state index contributed by atoms with van der Waals surface area (Å²) < 4.78 is 0. The Morgan fingerprint density at radius 1 is 0.254 bits per heavy atom. The van der Waals surface area contributed by atoms with Crippen LogP contribution in [0.1, 0.15) is 22.3 Å². The van der Waals surface area contributed by atoms with Crippen LogP contribution in [-0.2, 0) is 5.41 Å². The van der Waals surface area contributed by atoms with Crippen LogP contribution in [0, 0.1) is 0 Å². The highest BCUT2D eigenvalue weighted by Crippen LogP contribution is 2.65. The first-order valence-corrected chi connectivity index (χ1v) is 20.7. The molecule has 12 aromatic rings. The van der Waals surface area contributed by atoms with Gasteiger partial charge < -0.3 is 0 Å². The molecule has 0 bridgehead atoms. The summed E-state index contributed by atoms with van der Waals surface area (Å²) in [6.07, 6.45) is 0. The fourth-order valence-corrected chi connectivity index (χ4v) is 11.6. The molecule has 0 saturated heterocycles. The summed E-state index contributed by atoms with van der Waals surface area (Å²) >= 11 is 0. The molecule has 1 spiro atoms. The summed E-state index contributed by atoms with van der Waals surface area (Å²) in [5.41, 5.74) is 15.4. The zero-order chi connectivity index (χ0) is 38.4. The standard InChI is InChI=1S/C59H34/c1-3-16-48-44(12-1)45-13-2-4-17-50(45)58-57(48)51-33-41-27-26-40(32-42(41)34-54(51)59(58)52-18-7-5-14-46(52)47-15-6-8-19-53(47)59)35-20-22-36(23-21-35)43-30-28-39-25-24-37-10-9-11-38-29-31-49(43)56(39)55(37)38/h1-34H. The maximum atomic E-state index is 2.54. The molecule has 0 unspecified atom stereocenters. The van der Waals surface area contributed by atoms with Crippen molar-refractivity contribution < 1.29 is 0 Å². The highest BCUT2D eigenvalue weighted by atomic mass is 14.5. The van der Waals surface area contributed by atoms with Crippen LogP contribution in [0.5, 0.6) is 0 Å². The Hall–Kier alpha value is -7.54. The third kappa shape index (κ3) is 3.98. The minimum atomic E-state index is -0.450. The Kier molecular flexibility index (Phi) is 6.05. The summed E-state index contributed by atoms with van der Waals surface area (Å²) in [7, 11) is 0. The van der Waals surface area contributed by atoms with Gasteiger partial charge in [-0.15, -0.1) is 0 Å². The molecule has 0 aromatic heterocycles. The molecule has 0 heterocycles. The van der Waals surface area contributed by atoms with Gasteiger partial charge in [-0.2, -0.15) is 0 Å². The van der Waals surface area contributed by atoms with Crippen LogP contribution in [0.25, 0.3) is 109 Å². The van der Waals surface area contributed by atoms with Gasteiger partial charge in [-0.05, 0) is 150 Å². The fraction of sp³-hybridized carbons (Fsp3) is 0.0169. The van der Waals surface area contributed by atoms with E-state index < -0.39 is 5.41 Å². The van der Waals surface area contributed by atoms with E-state index in [1.807, 2.05) is 0 Å². The molecule has 0 aliphatic heterocycles. The molecule has 0 heteroatoms. The predicted molar refractivity (Wildman–Crippen MR) is 250 cm³/mol. The van der Waals surface area contributed by atoms with Gasteiger partial charge in [0.2, 0.25) is 0 Å². The highest BCUT2D eigenvalue weighted by molar-refractivity contribution is 6.25. The van der Waals surface area contributed by atoms with E-state index in [0.29, 0.717) is 0 Å². The van der Waals surface area contributed by atoms with E-state index in [1.165, 1.54) is 131 Å². The van der Waals surface area contributed by atoms with Crippen molar-refractivity contribution in [3.8, 4) is 44.5 Å². The highest BCUT2D eigenvalue weighted by Gasteiger charge is 2.53. The van der Waals surface area contributed by atoms with E-state index >= 15 is 0 Å². The first-order valence-electron chi connectivity index (χ1n) is 20.7. The van der Waals surface area contributed by atoms with Gasteiger partial charge in [-0.25, -0.2) is 0 Å². The molecule has 0 amide bonds. The first kappa shape index (κ1) is 31.5. The maximum Gasteiger partial charge on any atom is 0.0731 e. The summed E-state index contributed by atoms with van der Waals surface area (Å²) in [6, 6.07) is 78.1. The van der Waals surface area contributed by atoms with Crippen LogP contribution >= 0.6 is 0 Å². The maximum absolute atomic E-state index is 2.54. The fourth-order valence-electron chi connectivity index (χ4n) is 11.6. The molecular formula is C59H34. The average Bonchev–Trinajstić information content (AvgIpc) is 3.77. The molecule has 0 N–H and O–H groups in total. The van der Waals surface area contributed by atoms with Crippen LogP contribution in [0.3, 0.4) is 0 Å². The lowest BCUT2D eigenvalue weighted by atomic mass is 9.69. The molecular weight excluding hydrogens is 709 g/mol. The van der Waals surface area contributed by atoms with Crippen molar-refractivity contribution in [2.45, 2.75) is 5.41 Å². The third-order valence-corrected chi connectivity index (χ3v) is 14.0. The second-order valence-corrected chi connectivity index (χ2v) is 16.7. The summed E-state index contributed by atoms with van der Waals surface area (Å²) in [5.74, 6) is 0. The van der Waals surface area contributed by atoms with Gasteiger partial charge in [0, 0.05) is 0 Å². The average molecular weight is 743 g/mol. The van der Waals surface area contributed by atoms with Gasteiger partial charge in [0.1, 0.15) is 0 Å². The van der Waals surface area contributed by atoms with Crippen LogP contribution in [0.15, 0.2) is 206 Å². The molecule has 0 saturated carbocycles. The Bertz CT molecular complexity index is 3710. The SMILES string of the molecule is c1ccc2c(c1)-c1ccccc1C21c2cc3cc(-c4ccc(-c5ccc6ccc7cccc8ccc5c6c78)cc4)ccc3cc2-c2c1c1ccccc1c1ccccc21. The van der Waals surface area contributed by atoms with Crippen molar-refractivity contribution >= 4 is 64.6 Å². The van der Waals surface area contributed by atoms with Gasteiger partial charge in [-0.1, -0.05) is 188 Å². The molecule has 2 aliphatic carbocycles. The Morgan fingerprint density at radius 2 is 0.814 bits per heavy atom. The zero-order valence-electron chi connectivity index (χ0n) is 32.1. The van der Waals surface area contributed by atoms with E-state index in [-0.39, 0.29) is 0 Å². The van der Waals surface area contributed by atoms with Crippen molar-refractivity contribution in [3.05, 3.63) is 229 Å². The van der Waals surface area contributed by atoms with Crippen LogP contribution in [0.2, 0.25) is 0 Å². The second-order valence-electron chi connectivity index (χ2n) is 16.7. The normalized spacial score (nSPS) is 13.6. The lowest BCUT2D eigenvalue weighted by molar-refractivity contribution is 0.803. The van der Waals surface area contributed by atoms with E-state index in [4.69, 9.17) is 0 Å². The van der Waals surface area contributed by atoms with E-state index in [0.717, 1.165) is 0 Å². The monoisotopic (exact) mass is 742 g/mol. The molecule has 270 valence electrons. The Labute approximate surface area is 341 Å². The second kappa shape index (κ2) is 11.3. The largest absolute Gasteiger partial charge is 0.0731 e. The molecule has 0 radical (unpaired) electrons. The first-order chi connectivity index (χ1) is 29.3. The van der Waals surface area contributed by atoms with Gasteiger partial charge >= 0.3 is 0 Å². The minimum Gasteiger partial charge on any atom is -0.0619 e. The van der Waals surface area contributed by atoms with Crippen LogP contribution in [-0.4, -0.2) is 0 Å². The number of rotatable bonds is 2. The van der Waals surface area contributed by atoms with Gasteiger partial charge in [-0.3, -0.25) is 0 Å². The van der Waals surface area contributed by atoms with Gasteiger partial charge in [0.25, 0.3) is 0 Å². The molecule has 14 rings (SSSR count). The van der Waals surface area contributed by atoms with Crippen molar-refractivity contribution in [3.63, 3.8) is 0 Å². The minimum absolute atomic E-state index is 0.450. The Morgan fingerprint density at radius 3 is 1.56 bits per heavy atom. The van der Waals surface area contributed by atoms with E-state index in [9.17, 15) is 0 Å². The van der Waals surface area contributed by atoms with Crippen LogP contribution < -0.4 is 0 Å². The van der Waals surface area contributed by atoms with Gasteiger partial charge in [0.05, 0.1) is 5.41 Å². The summed E-state index contributed by atoms with van der Waals surface area (Å²) in [6.45, 7) is 0. The predicted octanol–water partition coefficient (Wildman–Crippen LogP) is 15.7. The molecule has 0 fully saturated rings. The molecule has 0 atom stereocenters. The number of benzene rings is 12. The van der Waals surface area contributed by atoms with Crippen molar-refractivity contribution in [2.24, 2.45) is 0 Å². The molecule has 0 nitrogen and oxygen atoms in total. The van der Waals surface area contributed by atoms with E-state index in [2.05, 4.69) is 206 Å². The van der Waals surface area contributed by atoms with Crippen molar-refractivity contribution in [2.75, 3.05) is 0 Å².